The number of sulfone groups is 1. The van der Waals surface area contributed by atoms with Crippen LogP contribution < -0.4 is 0 Å². The lowest BCUT2D eigenvalue weighted by Crippen LogP contribution is -2.10. The third kappa shape index (κ3) is 3.95. The molecule has 0 spiro atoms. The van der Waals surface area contributed by atoms with Gasteiger partial charge in [0, 0.05) is 18.5 Å². The minimum Gasteiger partial charge on any atom is -0.309 e. The summed E-state index contributed by atoms with van der Waals surface area (Å²) in [5.74, 6) is 1.24. The second-order valence-corrected chi connectivity index (χ2v) is 9.70. The maximum Gasteiger partial charge on any atom is 0.191 e. The van der Waals surface area contributed by atoms with Gasteiger partial charge in [0.15, 0.2) is 20.8 Å². The van der Waals surface area contributed by atoms with E-state index in [2.05, 4.69) is 10.2 Å². The molecule has 1 aliphatic heterocycles. The van der Waals surface area contributed by atoms with Gasteiger partial charge in [0.05, 0.1) is 17.3 Å². The quantitative estimate of drug-likeness (QED) is 0.586. The zero-order valence-corrected chi connectivity index (χ0v) is 16.2. The van der Waals surface area contributed by atoms with Crippen molar-refractivity contribution in [1.82, 2.24) is 14.8 Å². The van der Waals surface area contributed by atoms with Crippen LogP contribution in [0.15, 0.2) is 23.4 Å². The van der Waals surface area contributed by atoms with E-state index in [1.165, 1.54) is 11.8 Å². The van der Waals surface area contributed by atoms with Crippen molar-refractivity contribution >= 4 is 27.4 Å². The van der Waals surface area contributed by atoms with E-state index >= 15 is 0 Å². The summed E-state index contributed by atoms with van der Waals surface area (Å²) in [6.45, 7) is 3.94. The molecule has 1 atom stereocenters. The Hall–Kier alpha value is -1.67. The molecule has 3 rings (SSSR count). The van der Waals surface area contributed by atoms with Crippen LogP contribution >= 0.6 is 11.8 Å². The van der Waals surface area contributed by atoms with Crippen LogP contribution in [0.4, 0.5) is 0 Å². The highest BCUT2D eigenvalue weighted by atomic mass is 32.2. The van der Waals surface area contributed by atoms with E-state index in [0.717, 1.165) is 16.7 Å². The monoisotopic (exact) mass is 379 g/mol. The first-order valence-corrected chi connectivity index (χ1v) is 10.9. The molecule has 8 heteroatoms. The Bertz CT molecular complexity index is 919. The highest BCUT2D eigenvalue weighted by molar-refractivity contribution is 7.99. The molecule has 1 fully saturated rings. The topological polar surface area (TPSA) is 81.9 Å². The Labute approximate surface area is 152 Å². The first kappa shape index (κ1) is 18.1. The number of hydrogen-bond acceptors (Lipinski definition) is 6. The number of carbonyl (C=O) groups excluding carboxylic acids is 1. The zero-order valence-electron chi connectivity index (χ0n) is 14.5. The minimum absolute atomic E-state index is 0.0514. The van der Waals surface area contributed by atoms with Crippen molar-refractivity contribution in [2.24, 2.45) is 7.05 Å². The Morgan fingerprint density at radius 1 is 1.32 bits per heavy atom. The fourth-order valence-electron chi connectivity index (χ4n) is 3.14. The number of hydrogen-bond donors (Lipinski definition) is 0. The van der Waals surface area contributed by atoms with E-state index in [-0.39, 0.29) is 29.0 Å². The predicted molar refractivity (Wildman–Crippen MR) is 98.0 cm³/mol. The van der Waals surface area contributed by atoms with Crippen molar-refractivity contribution in [1.29, 1.82) is 0 Å². The van der Waals surface area contributed by atoms with Gasteiger partial charge in [-0.25, -0.2) is 8.42 Å². The maximum absolute atomic E-state index is 12.5. The minimum atomic E-state index is -2.96. The number of ketones is 1. The van der Waals surface area contributed by atoms with E-state index in [1.807, 2.05) is 43.7 Å². The van der Waals surface area contributed by atoms with Gasteiger partial charge < -0.3 is 4.57 Å². The first-order valence-electron chi connectivity index (χ1n) is 8.10. The number of carbonyl (C=O) groups is 1. The van der Waals surface area contributed by atoms with Crippen LogP contribution in [0.1, 0.15) is 39.6 Å². The molecular formula is C17H21N3O3S2. The van der Waals surface area contributed by atoms with Crippen molar-refractivity contribution < 1.29 is 13.2 Å². The van der Waals surface area contributed by atoms with E-state index in [0.29, 0.717) is 17.4 Å². The second-order valence-electron chi connectivity index (χ2n) is 6.53. The molecule has 1 aromatic heterocycles. The number of thioether (sulfide) groups is 1. The van der Waals surface area contributed by atoms with Crippen molar-refractivity contribution in [2.75, 3.05) is 17.3 Å². The van der Waals surface area contributed by atoms with Gasteiger partial charge in [0.1, 0.15) is 5.82 Å². The van der Waals surface area contributed by atoms with Crippen molar-refractivity contribution in [3.8, 4) is 0 Å². The van der Waals surface area contributed by atoms with Crippen LogP contribution in [0.25, 0.3) is 0 Å². The molecule has 2 aromatic rings. The van der Waals surface area contributed by atoms with Gasteiger partial charge in [-0.2, -0.15) is 0 Å². The molecular weight excluding hydrogens is 358 g/mol. The second kappa shape index (κ2) is 6.92. The predicted octanol–water partition coefficient (Wildman–Crippen LogP) is 2.31. The summed E-state index contributed by atoms with van der Waals surface area (Å²) < 4.78 is 25.1. The van der Waals surface area contributed by atoms with Crippen LogP contribution in [0.5, 0.6) is 0 Å². The van der Waals surface area contributed by atoms with Gasteiger partial charge in [0.25, 0.3) is 0 Å². The van der Waals surface area contributed by atoms with Gasteiger partial charge in [-0.15, -0.1) is 10.2 Å². The summed E-state index contributed by atoms with van der Waals surface area (Å²) in [7, 11) is -1.14. The fraction of sp³-hybridized carbons (Fsp3) is 0.471. The number of benzene rings is 1. The molecule has 134 valence electrons. The smallest absolute Gasteiger partial charge is 0.191 e. The third-order valence-electron chi connectivity index (χ3n) is 4.48. The lowest BCUT2D eigenvalue weighted by Gasteiger charge is -2.08. The van der Waals surface area contributed by atoms with Gasteiger partial charge in [-0.1, -0.05) is 35.5 Å². The standard InChI is InChI=1S/C17H21N3O3S2/c1-11-4-5-14(12(2)8-11)15(21)9-24-17-19-18-16(20(17)3)13-6-7-25(22,23)10-13/h4-5,8,13H,6-7,9-10H2,1-3H3. The Morgan fingerprint density at radius 2 is 2.08 bits per heavy atom. The summed E-state index contributed by atoms with van der Waals surface area (Å²) in [5, 5.41) is 8.94. The van der Waals surface area contributed by atoms with Gasteiger partial charge in [0.2, 0.25) is 0 Å². The van der Waals surface area contributed by atoms with Crippen molar-refractivity contribution in [3.63, 3.8) is 0 Å². The van der Waals surface area contributed by atoms with Crippen LogP contribution in [0.3, 0.4) is 0 Å². The number of aryl methyl sites for hydroxylation is 2. The highest BCUT2D eigenvalue weighted by Gasteiger charge is 2.32. The number of rotatable bonds is 5. The lowest BCUT2D eigenvalue weighted by molar-refractivity contribution is 0.102. The normalized spacial score (nSPS) is 19.2. The lowest BCUT2D eigenvalue weighted by atomic mass is 10.0. The highest BCUT2D eigenvalue weighted by Crippen LogP contribution is 2.29. The Kier molecular flexibility index (Phi) is 5.02. The molecule has 2 heterocycles. The molecule has 1 aromatic carbocycles. The molecule has 6 nitrogen and oxygen atoms in total. The maximum atomic E-state index is 12.5. The first-order chi connectivity index (χ1) is 11.8. The molecule has 25 heavy (non-hydrogen) atoms. The Balaban J connectivity index is 1.69. The van der Waals surface area contributed by atoms with E-state index in [9.17, 15) is 13.2 Å². The van der Waals surface area contributed by atoms with E-state index < -0.39 is 9.84 Å². The summed E-state index contributed by atoms with van der Waals surface area (Å²) in [6, 6.07) is 5.80. The molecule has 1 unspecified atom stereocenters. The zero-order chi connectivity index (χ0) is 18.2. The largest absolute Gasteiger partial charge is 0.309 e. The molecule has 1 saturated heterocycles. The van der Waals surface area contributed by atoms with E-state index in [4.69, 9.17) is 0 Å². The van der Waals surface area contributed by atoms with Crippen LogP contribution in [-0.2, 0) is 16.9 Å². The van der Waals surface area contributed by atoms with Crippen molar-refractivity contribution in [2.45, 2.75) is 31.3 Å². The van der Waals surface area contributed by atoms with E-state index in [1.54, 1.807) is 0 Å². The summed E-state index contributed by atoms with van der Waals surface area (Å²) in [4.78, 5) is 12.5. The third-order valence-corrected chi connectivity index (χ3v) is 7.27. The van der Waals surface area contributed by atoms with Gasteiger partial charge >= 0.3 is 0 Å². The average molecular weight is 380 g/mol. The van der Waals surface area contributed by atoms with Gasteiger partial charge in [-0.3, -0.25) is 4.79 Å². The summed E-state index contributed by atoms with van der Waals surface area (Å²) in [5.41, 5.74) is 2.83. The number of aromatic nitrogens is 3. The Morgan fingerprint density at radius 3 is 2.72 bits per heavy atom. The van der Waals surface area contributed by atoms with Crippen molar-refractivity contribution in [3.05, 3.63) is 40.7 Å². The molecule has 0 amide bonds. The SMILES string of the molecule is Cc1ccc(C(=O)CSc2nnc(C3CCS(=O)(=O)C3)n2C)c(C)c1. The number of nitrogens with zero attached hydrogens (tertiary/aromatic N) is 3. The molecule has 0 N–H and O–H groups in total. The molecule has 0 aliphatic carbocycles. The van der Waals surface area contributed by atoms with Gasteiger partial charge in [-0.05, 0) is 25.8 Å². The molecule has 1 aliphatic rings. The molecule has 0 bridgehead atoms. The fourth-order valence-corrected chi connectivity index (χ4v) is 5.68. The number of Topliss-reactive ketones (excluding diaryl/α,β-unsaturated/α-hetero) is 1. The summed E-state index contributed by atoms with van der Waals surface area (Å²) >= 11 is 1.33. The molecule has 0 saturated carbocycles. The average Bonchev–Trinajstić information content (AvgIpc) is 3.07. The van der Waals surface area contributed by atoms with Crippen LogP contribution in [0, 0.1) is 13.8 Å². The van der Waals surface area contributed by atoms with Crippen LogP contribution in [-0.4, -0.2) is 46.2 Å². The summed E-state index contributed by atoms with van der Waals surface area (Å²) in [6.07, 6.45) is 0.584. The van der Waals surface area contributed by atoms with Crippen LogP contribution in [0.2, 0.25) is 0 Å². The molecule has 0 radical (unpaired) electrons.